The van der Waals surface area contributed by atoms with Crippen LogP contribution in [0.25, 0.3) is 0 Å². The SMILES string of the molecule is CCS(=O)(=O)CC1COP(=O)(OC)O1. The number of sulfone groups is 1. The summed E-state index contributed by atoms with van der Waals surface area (Å²) in [6, 6.07) is 0. The maximum Gasteiger partial charge on any atom is 0.474 e. The van der Waals surface area contributed by atoms with E-state index in [0.29, 0.717) is 0 Å². The van der Waals surface area contributed by atoms with Crippen LogP contribution in [0.3, 0.4) is 0 Å². The van der Waals surface area contributed by atoms with Gasteiger partial charge in [-0.3, -0.25) is 13.6 Å². The van der Waals surface area contributed by atoms with Crippen molar-refractivity contribution in [2.45, 2.75) is 13.0 Å². The zero-order valence-electron chi connectivity index (χ0n) is 8.00. The van der Waals surface area contributed by atoms with Crippen LogP contribution in [0.1, 0.15) is 6.92 Å². The Balaban J connectivity index is 2.56. The lowest BCUT2D eigenvalue weighted by Crippen LogP contribution is -2.23. The first-order valence-electron chi connectivity index (χ1n) is 4.10. The third kappa shape index (κ3) is 3.03. The van der Waals surface area contributed by atoms with Gasteiger partial charge in [-0.1, -0.05) is 6.92 Å². The van der Waals surface area contributed by atoms with E-state index in [1.807, 2.05) is 0 Å². The molecular weight excluding hydrogens is 231 g/mol. The molecule has 0 bridgehead atoms. The molecule has 6 nitrogen and oxygen atoms in total. The Hall–Kier alpha value is 0.0600. The molecule has 0 aliphatic carbocycles. The Morgan fingerprint density at radius 1 is 1.57 bits per heavy atom. The third-order valence-electron chi connectivity index (χ3n) is 1.80. The van der Waals surface area contributed by atoms with E-state index in [1.54, 1.807) is 6.92 Å². The summed E-state index contributed by atoms with van der Waals surface area (Å²) in [6.45, 7) is 1.53. The summed E-state index contributed by atoms with van der Waals surface area (Å²) in [7, 11) is -5.42. The van der Waals surface area contributed by atoms with Crippen molar-refractivity contribution in [3.05, 3.63) is 0 Å². The molecule has 14 heavy (non-hydrogen) atoms. The standard InChI is InChI=1S/C6H13O6PS/c1-3-14(8,9)5-6-4-11-13(7,10-2)12-6/h6H,3-5H2,1-2H3. The molecule has 1 aliphatic heterocycles. The first-order valence-corrected chi connectivity index (χ1v) is 7.38. The van der Waals surface area contributed by atoms with Gasteiger partial charge >= 0.3 is 7.82 Å². The van der Waals surface area contributed by atoms with Crippen molar-refractivity contribution in [3.8, 4) is 0 Å². The number of hydrogen-bond donors (Lipinski definition) is 0. The predicted octanol–water partition coefficient (Wildman–Crippen LogP) is 0.591. The van der Waals surface area contributed by atoms with Crippen molar-refractivity contribution in [3.63, 3.8) is 0 Å². The number of phosphoric acid groups is 1. The molecule has 0 aromatic rings. The smallest absolute Gasteiger partial charge is 0.290 e. The lowest BCUT2D eigenvalue weighted by atomic mass is 10.4. The highest BCUT2D eigenvalue weighted by Gasteiger charge is 2.39. The third-order valence-corrected chi connectivity index (χ3v) is 5.03. The molecule has 0 aromatic heterocycles. The quantitative estimate of drug-likeness (QED) is 0.673. The summed E-state index contributed by atoms with van der Waals surface area (Å²) >= 11 is 0. The summed E-state index contributed by atoms with van der Waals surface area (Å²) in [4.78, 5) is 0. The fourth-order valence-corrected chi connectivity index (χ4v) is 3.16. The Morgan fingerprint density at radius 3 is 2.64 bits per heavy atom. The van der Waals surface area contributed by atoms with E-state index in [4.69, 9.17) is 9.05 Å². The number of phosphoric ester groups is 1. The lowest BCUT2D eigenvalue weighted by Gasteiger charge is -2.08. The van der Waals surface area contributed by atoms with Gasteiger partial charge in [0.25, 0.3) is 0 Å². The van der Waals surface area contributed by atoms with Crippen molar-refractivity contribution < 1.29 is 26.6 Å². The van der Waals surface area contributed by atoms with Gasteiger partial charge in [-0.2, -0.15) is 0 Å². The van der Waals surface area contributed by atoms with Crippen molar-refractivity contribution in [1.29, 1.82) is 0 Å². The van der Waals surface area contributed by atoms with Crippen molar-refractivity contribution in [1.82, 2.24) is 0 Å². The minimum atomic E-state index is -3.47. The maximum atomic E-state index is 11.3. The monoisotopic (exact) mass is 244 g/mol. The van der Waals surface area contributed by atoms with Gasteiger partial charge in [0.15, 0.2) is 9.84 Å². The van der Waals surface area contributed by atoms with Crippen LogP contribution < -0.4 is 0 Å². The van der Waals surface area contributed by atoms with Crippen LogP contribution in [-0.4, -0.2) is 39.7 Å². The van der Waals surface area contributed by atoms with Gasteiger partial charge < -0.3 is 0 Å². The van der Waals surface area contributed by atoms with E-state index in [2.05, 4.69) is 4.52 Å². The molecule has 1 aliphatic rings. The number of hydrogen-bond acceptors (Lipinski definition) is 6. The molecular formula is C6H13O6PS. The summed E-state index contributed by atoms with van der Waals surface area (Å²) < 4.78 is 47.8. The summed E-state index contributed by atoms with van der Waals surface area (Å²) in [5.41, 5.74) is 0. The largest absolute Gasteiger partial charge is 0.474 e. The van der Waals surface area contributed by atoms with Crippen LogP contribution in [-0.2, 0) is 28.0 Å². The molecule has 0 aromatic carbocycles. The number of rotatable bonds is 4. The van der Waals surface area contributed by atoms with Crippen molar-refractivity contribution >= 4 is 17.7 Å². The van der Waals surface area contributed by atoms with Gasteiger partial charge in [0.05, 0.1) is 12.4 Å². The van der Waals surface area contributed by atoms with Gasteiger partial charge in [-0.15, -0.1) is 0 Å². The molecule has 0 saturated carbocycles. The average molecular weight is 244 g/mol. The zero-order chi connectivity index (χ0) is 10.8. The van der Waals surface area contributed by atoms with E-state index >= 15 is 0 Å². The van der Waals surface area contributed by atoms with E-state index < -0.39 is 23.8 Å². The van der Waals surface area contributed by atoms with E-state index in [9.17, 15) is 13.0 Å². The summed E-state index contributed by atoms with van der Waals surface area (Å²) in [6.07, 6.45) is -0.689. The van der Waals surface area contributed by atoms with Crippen LogP contribution >= 0.6 is 7.82 Å². The zero-order valence-corrected chi connectivity index (χ0v) is 9.71. The van der Waals surface area contributed by atoms with E-state index in [1.165, 1.54) is 7.11 Å². The molecule has 0 N–H and O–H groups in total. The molecule has 1 heterocycles. The minimum Gasteiger partial charge on any atom is -0.290 e. The molecule has 84 valence electrons. The molecule has 0 spiro atoms. The molecule has 0 amide bonds. The molecule has 1 saturated heterocycles. The maximum absolute atomic E-state index is 11.3. The predicted molar refractivity (Wildman–Crippen MR) is 49.8 cm³/mol. The Kier molecular flexibility index (Phi) is 3.71. The van der Waals surface area contributed by atoms with Crippen LogP contribution in [0, 0.1) is 0 Å². The van der Waals surface area contributed by atoms with Crippen LogP contribution in [0.15, 0.2) is 0 Å². The highest BCUT2D eigenvalue weighted by atomic mass is 32.2. The Bertz CT molecular complexity index is 336. The van der Waals surface area contributed by atoms with E-state index in [-0.39, 0.29) is 18.1 Å². The second-order valence-electron chi connectivity index (χ2n) is 2.85. The Labute approximate surface area is 83.1 Å². The lowest BCUT2D eigenvalue weighted by molar-refractivity contribution is 0.207. The van der Waals surface area contributed by atoms with Gasteiger partial charge in [0, 0.05) is 12.9 Å². The minimum absolute atomic E-state index is 0.00958. The summed E-state index contributed by atoms with van der Waals surface area (Å²) in [5, 5.41) is 0. The van der Waals surface area contributed by atoms with Crippen LogP contribution in [0.5, 0.6) is 0 Å². The van der Waals surface area contributed by atoms with Gasteiger partial charge in [-0.25, -0.2) is 13.0 Å². The fraction of sp³-hybridized carbons (Fsp3) is 1.00. The summed E-state index contributed by atoms with van der Waals surface area (Å²) in [5.74, 6) is -0.152. The van der Waals surface area contributed by atoms with Crippen LogP contribution in [0.4, 0.5) is 0 Å². The molecule has 2 unspecified atom stereocenters. The van der Waals surface area contributed by atoms with Gasteiger partial charge in [-0.05, 0) is 0 Å². The van der Waals surface area contributed by atoms with E-state index in [0.717, 1.165) is 0 Å². The molecule has 0 radical (unpaired) electrons. The second-order valence-corrected chi connectivity index (χ2v) is 6.98. The first-order chi connectivity index (χ1) is 6.41. The second kappa shape index (κ2) is 4.28. The molecule has 8 heteroatoms. The Morgan fingerprint density at radius 2 is 2.21 bits per heavy atom. The first kappa shape index (κ1) is 12.1. The van der Waals surface area contributed by atoms with Crippen molar-refractivity contribution in [2.24, 2.45) is 0 Å². The highest BCUT2D eigenvalue weighted by Crippen LogP contribution is 2.54. The van der Waals surface area contributed by atoms with Crippen LogP contribution in [0.2, 0.25) is 0 Å². The molecule has 1 fully saturated rings. The average Bonchev–Trinajstić information content (AvgIpc) is 2.48. The van der Waals surface area contributed by atoms with Gasteiger partial charge in [0.1, 0.15) is 6.10 Å². The normalized spacial score (nSPS) is 33.4. The highest BCUT2D eigenvalue weighted by molar-refractivity contribution is 7.91. The topological polar surface area (TPSA) is 78.9 Å². The molecule has 1 rings (SSSR count). The fourth-order valence-electron chi connectivity index (χ4n) is 0.993. The van der Waals surface area contributed by atoms with Gasteiger partial charge in [0.2, 0.25) is 0 Å². The van der Waals surface area contributed by atoms with Crippen molar-refractivity contribution in [2.75, 3.05) is 25.2 Å². The molecule has 2 atom stereocenters.